The molecule has 1 atom stereocenters. The van der Waals surface area contributed by atoms with Gasteiger partial charge in [0.1, 0.15) is 5.76 Å². The van der Waals surface area contributed by atoms with Crippen molar-refractivity contribution in [2.45, 2.75) is 75.0 Å². The van der Waals surface area contributed by atoms with Crippen molar-refractivity contribution in [3.8, 4) is 0 Å². The summed E-state index contributed by atoms with van der Waals surface area (Å²) in [5.41, 5.74) is 0.0129. The van der Waals surface area contributed by atoms with Gasteiger partial charge >= 0.3 is 0 Å². The molecule has 1 unspecified atom stereocenters. The van der Waals surface area contributed by atoms with Crippen molar-refractivity contribution in [1.82, 2.24) is 9.46 Å². The average molecular weight is 508 g/mol. The normalized spacial score (nSPS) is 17.5. The average Bonchev–Trinajstić information content (AvgIpc) is 3.26. The maximum Gasteiger partial charge on any atom is 0.252 e. The van der Waals surface area contributed by atoms with Gasteiger partial charge in [-0.3, -0.25) is 9.59 Å². The molecule has 10 heteroatoms. The number of fused-ring (bicyclic) bond motifs is 1. The van der Waals surface area contributed by atoms with E-state index in [0.717, 1.165) is 16.5 Å². The molecule has 0 aliphatic carbocycles. The van der Waals surface area contributed by atoms with Crippen molar-refractivity contribution in [2.24, 2.45) is 0 Å². The summed E-state index contributed by atoms with van der Waals surface area (Å²) in [7, 11) is -2.73. The number of nitrogens with one attached hydrogen (secondary N) is 1. The Morgan fingerprint density at radius 3 is 2.53 bits per heavy atom. The SMILES string of the molecule is CCCCCCCCCCSCc1cc(NC(=O)C2C(=O)c3ccccc3S(=O)(=O)N2C)no1. The van der Waals surface area contributed by atoms with Gasteiger partial charge in [-0.1, -0.05) is 69.2 Å². The van der Waals surface area contributed by atoms with E-state index in [-0.39, 0.29) is 16.3 Å². The van der Waals surface area contributed by atoms with E-state index >= 15 is 0 Å². The molecular formula is C24H33N3O5S2. The number of benzene rings is 1. The largest absolute Gasteiger partial charge is 0.358 e. The van der Waals surface area contributed by atoms with Crippen LogP contribution in [0, 0.1) is 0 Å². The van der Waals surface area contributed by atoms with Crippen LogP contribution in [0.4, 0.5) is 5.82 Å². The zero-order valence-corrected chi connectivity index (χ0v) is 21.4. The van der Waals surface area contributed by atoms with Crippen LogP contribution in [-0.2, 0) is 20.6 Å². The topological polar surface area (TPSA) is 110 Å². The molecule has 8 nitrogen and oxygen atoms in total. The Kier molecular flexibility index (Phi) is 9.73. The van der Waals surface area contributed by atoms with Crippen LogP contribution in [0.15, 0.2) is 39.8 Å². The maximum absolute atomic E-state index is 12.9. The molecule has 1 aromatic heterocycles. The molecule has 1 amide bonds. The van der Waals surface area contributed by atoms with Crippen molar-refractivity contribution in [2.75, 3.05) is 18.1 Å². The van der Waals surface area contributed by atoms with Gasteiger partial charge in [-0.05, 0) is 24.3 Å². The number of Topliss-reactive ketones (excluding diaryl/α,β-unsaturated/α-hetero) is 1. The van der Waals surface area contributed by atoms with Gasteiger partial charge in [-0.2, -0.15) is 16.1 Å². The van der Waals surface area contributed by atoms with Gasteiger partial charge < -0.3 is 9.84 Å². The Bertz CT molecular complexity index is 1080. The van der Waals surface area contributed by atoms with Crippen LogP contribution < -0.4 is 5.32 Å². The van der Waals surface area contributed by atoms with Crippen LogP contribution in [0.1, 0.15) is 74.4 Å². The van der Waals surface area contributed by atoms with Crippen molar-refractivity contribution in [1.29, 1.82) is 0 Å². The number of aromatic nitrogens is 1. The highest BCUT2D eigenvalue weighted by Gasteiger charge is 2.45. The molecule has 2 heterocycles. The van der Waals surface area contributed by atoms with E-state index in [4.69, 9.17) is 4.52 Å². The molecule has 1 N–H and O–H groups in total. The van der Waals surface area contributed by atoms with Crippen LogP contribution in [0.5, 0.6) is 0 Å². The Morgan fingerprint density at radius 1 is 1.12 bits per heavy atom. The minimum atomic E-state index is -3.96. The molecule has 1 aliphatic heterocycles. The number of hydrogen-bond acceptors (Lipinski definition) is 7. The first kappa shape index (κ1) is 26.4. The number of nitrogens with zero attached hydrogens (tertiary/aromatic N) is 2. The zero-order valence-electron chi connectivity index (χ0n) is 19.8. The Labute approximate surface area is 205 Å². The van der Waals surface area contributed by atoms with Gasteiger partial charge in [-0.15, -0.1) is 0 Å². The fourth-order valence-electron chi connectivity index (χ4n) is 3.93. The lowest BCUT2D eigenvalue weighted by Crippen LogP contribution is -2.53. The number of hydrogen-bond donors (Lipinski definition) is 1. The lowest BCUT2D eigenvalue weighted by Gasteiger charge is -2.30. The van der Waals surface area contributed by atoms with Crippen LogP contribution in [0.2, 0.25) is 0 Å². The molecule has 0 radical (unpaired) electrons. The lowest BCUT2D eigenvalue weighted by atomic mass is 10.0. The molecule has 1 aliphatic rings. The smallest absolute Gasteiger partial charge is 0.252 e. The first-order chi connectivity index (χ1) is 16.4. The number of likely N-dealkylation sites (N-methyl/N-ethyl adjacent to an activating group) is 1. The number of unbranched alkanes of at least 4 members (excludes halogenated alkanes) is 7. The predicted molar refractivity (Wildman–Crippen MR) is 133 cm³/mol. The maximum atomic E-state index is 12.9. The summed E-state index contributed by atoms with van der Waals surface area (Å²) in [6.07, 6.45) is 10.2. The predicted octanol–water partition coefficient (Wildman–Crippen LogP) is 4.87. The Hall–Kier alpha value is -2.17. The second-order valence-electron chi connectivity index (χ2n) is 8.48. The minimum Gasteiger partial charge on any atom is -0.358 e. The lowest BCUT2D eigenvalue weighted by molar-refractivity contribution is -0.118. The number of carbonyl (C=O) groups excluding carboxylic acids is 2. The standard InChI is InChI=1S/C24H33N3O5S2/c1-3-4-5-6-7-8-9-12-15-33-17-18-16-21(26-32-18)25-24(29)22-23(28)19-13-10-11-14-20(19)34(30,31)27(22)2/h10-11,13-14,16,22H,3-9,12,15,17H2,1-2H3,(H,25,26,29). The first-order valence-electron chi connectivity index (χ1n) is 11.8. The van der Waals surface area contributed by atoms with Crippen LogP contribution >= 0.6 is 11.8 Å². The Balaban J connectivity index is 1.46. The quantitative estimate of drug-likeness (QED) is 0.304. The third-order valence-electron chi connectivity index (χ3n) is 5.87. The highest BCUT2D eigenvalue weighted by atomic mass is 32.2. The molecule has 3 rings (SSSR count). The molecule has 0 spiro atoms. The highest BCUT2D eigenvalue weighted by Crippen LogP contribution is 2.29. The second kappa shape index (κ2) is 12.5. The molecule has 0 fully saturated rings. The van der Waals surface area contributed by atoms with Crippen LogP contribution in [-0.4, -0.2) is 48.4 Å². The number of carbonyl (C=O) groups is 2. The molecule has 0 saturated heterocycles. The van der Waals surface area contributed by atoms with E-state index in [1.54, 1.807) is 30.0 Å². The Morgan fingerprint density at radius 2 is 1.79 bits per heavy atom. The van der Waals surface area contributed by atoms with E-state index in [1.165, 1.54) is 64.1 Å². The van der Waals surface area contributed by atoms with Crippen molar-refractivity contribution >= 4 is 39.3 Å². The van der Waals surface area contributed by atoms with Gasteiger partial charge in [0.2, 0.25) is 10.0 Å². The first-order valence-corrected chi connectivity index (χ1v) is 14.4. The van der Waals surface area contributed by atoms with Gasteiger partial charge in [0, 0.05) is 18.7 Å². The van der Waals surface area contributed by atoms with Gasteiger partial charge in [0.15, 0.2) is 17.6 Å². The van der Waals surface area contributed by atoms with E-state index in [1.807, 2.05) is 0 Å². The van der Waals surface area contributed by atoms with Gasteiger partial charge in [0.25, 0.3) is 5.91 Å². The van der Waals surface area contributed by atoms with E-state index in [2.05, 4.69) is 17.4 Å². The molecule has 1 aromatic carbocycles. The summed E-state index contributed by atoms with van der Waals surface area (Å²) < 4.78 is 31.6. The third-order valence-corrected chi connectivity index (χ3v) is 8.81. The molecule has 2 aromatic rings. The zero-order chi connectivity index (χ0) is 24.6. The molecule has 0 saturated carbocycles. The highest BCUT2D eigenvalue weighted by molar-refractivity contribution is 7.98. The number of rotatable bonds is 13. The van der Waals surface area contributed by atoms with Crippen molar-refractivity contribution in [3.05, 3.63) is 41.7 Å². The van der Waals surface area contributed by atoms with Crippen LogP contribution in [0.25, 0.3) is 0 Å². The molecule has 0 bridgehead atoms. The van der Waals surface area contributed by atoms with E-state index in [9.17, 15) is 18.0 Å². The molecular weight excluding hydrogens is 474 g/mol. The summed E-state index contributed by atoms with van der Waals surface area (Å²) in [4.78, 5) is 25.6. The monoisotopic (exact) mass is 507 g/mol. The summed E-state index contributed by atoms with van der Waals surface area (Å²) in [6, 6.07) is 6.00. The van der Waals surface area contributed by atoms with E-state index in [0.29, 0.717) is 11.5 Å². The van der Waals surface area contributed by atoms with Crippen molar-refractivity contribution < 1.29 is 22.5 Å². The summed E-state index contributed by atoms with van der Waals surface area (Å²) in [5, 5.41) is 6.37. The van der Waals surface area contributed by atoms with Crippen molar-refractivity contribution in [3.63, 3.8) is 0 Å². The number of amides is 1. The van der Waals surface area contributed by atoms with Crippen LogP contribution in [0.3, 0.4) is 0 Å². The van der Waals surface area contributed by atoms with Gasteiger partial charge in [-0.25, -0.2) is 8.42 Å². The summed E-state index contributed by atoms with van der Waals surface area (Å²) in [6.45, 7) is 2.23. The molecule has 186 valence electrons. The minimum absolute atomic E-state index is 0.0129. The van der Waals surface area contributed by atoms with E-state index < -0.39 is 27.8 Å². The fourth-order valence-corrected chi connectivity index (χ4v) is 6.30. The molecule has 34 heavy (non-hydrogen) atoms. The fraction of sp³-hybridized carbons (Fsp3) is 0.542. The van der Waals surface area contributed by atoms with Gasteiger partial charge in [0.05, 0.1) is 10.6 Å². The summed E-state index contributed by atoms with van der Waals surface area (Å²) >= 11 is 1.74. The number of sulfonamides is 1. The third kappa shape index (κ3) is 6.49. The number of ketones is 1. The number of thioether (sulfide) groups is 1. The second-order valence-corrected chi connectivity index (χ2v) is 11.6. The summed E-state index contributed by atoms with van der Waals surface area (Å²) in [5.74, 6) is 1.08. The number of anilines is 1.